The summed E-state index contributed by atoms with van der Waals surface area (Å²) in [6, 6.07) is 13.5. The van der Waals surface area contributed by atoms with Crippen LogP contribution in [0.15, 0.2) is 57.9 Å². The summed E-state index contributed by atoms with van der Waals surface area (Å²) >= 11 is 9.60. The van der Waals surface area contributed by atoms with Crippen molar-refractivity contribution in [3.05, 3.63) is 63.6 Å². The number of hydrogen-bond acceptors (Lipinski definition) is 4. The molecule has 9 heteroatoms. The number of piperazine rings is 1. The summed E-state index contributed by atoms with van der Waals surface area (Å²) in [5.41, 5.74) is 0.656. The second kappa shape index (κ2) is 10.2. The number of hydrogen-bond donors (Lipinski definition) is 0. The highest BCUT2D eigenvalue weighted by Crippen LogP contribution is 2.24. The Kier molecular flexibility index (Phi) is 7.92. The maximum atomic E-state index is 13.4. The second-order valence-corrected chi connectivity index (χ2v) is 10.4. The highest BCUT2D eigenvalue weighted by Gasteiger charge is 2.30. The van der Waals surface area contributed by atoms with Gasteiger partial charge in [0, 0.05) is 42.2 Å². The molecule has 3 rings (SSSR count). The molecule has 1 aliphatic heterocycles. The molecule has 2 aromatic rings. The molecule has 0 N–H and O–H groups in total. The molecule has 1 saturated heterocycles. The van der Waals surface area contributed by atoms with E-state index in [1.54, 1.807) is 41.3 Å². The summed E-state index contributed by atoms with van der Waals surface area (Å²) in [4.78, 5) is 17.1. The Balaban J connectivity index is 1.85. The van der Waals surface area contributed by atoms with E-state index in [0.29, 0.717) is 23.7 Å². The van der Waals surface area contributed by atoms with Crippen LogP contribution in [-0.4, -0.2) is 67.7 Å². The Hall–Kier alpha value is -1.45. The van der Waals surface area contributed by atoms with Crippen molar-refractivity contribution in [3.63, 3.8) is 0 Å². The fourth-order valence-electron chi connectivity index (χ4n) is 3.36. The van der Waals surface area contributed by atoms with Gasteiger partial charge in [-0.15, -0.1) is 0 Å². The summed E-state index contributed by atoms with van der Waals surface area (Å²) in [6.45, 7) is 5.63. The summed E-state index contributed by atoms with van der Waals surface area (Å²) in [6.07, 6.45) is 0. The third kappa shape index (κ3) is 5.62. The molecule has 1 heterocycles. The predicted molar refractivity (Wildman–Crippen MR) is 122 cm³/mol. The van der Waals surface area contributed by atoms with Crippen LogP contribution >= 0.6 is 27.5 Å². The van der Waals surface area contributed by atoms with Gasteiger partial charge in [-0.2, -0.15) is 4.31 Å². The van der Waals surface area contributed by atoms with E-state index >= 15 is 0 Å². The Morgan fingerprint density at radius 1 is 1.07 bits per heavy atom. The van der Waals surface area contributed by atoms with Gasteiger partial charge < -0.3 is 9.80 Å². The van der Waals surface area contributed by atoms with Gasteiger partial charge in [-0.3, -0.25) is 4.79 Å². The summed E-state index contributed by atoms with van der Waals surface area (Å²) < 4.78 is 28.7. The highest BCUT2D eigenvalue weighted by molar-refractivity contribution is 9.10. The average Bonchev–Trinajstić information content (AvgIpc) is 2.75. The minimum atomic E-state index is -3.89. The predicted octanol–water partition coefficient (Wildman–Crippen LogP) is 3.46. The molecular weight excluding hydrogens is 490 g/mol. The van der Waals surface area contributed by atoms with Crippen LogP contribution in [0.1, 0.15) is 12.5 Å². The maximum Gasteiger partial charge on any atom is 0.243 e. The molecule has 0 atom stereocenters. The zero-order chi connectivity index (χ0) is 21.7. The fourth-order valence-corrected chi connectivity index (χ4v) is 5.19. The van der Waals surface area contributed by atoms with Crippen molar-refractivity contribution >= 4 is 43.5 Å². The SMILES string of the molecule is CCN1CCN(C(=O)CN(Cc2ccccc2Cl)S(=O)(=O)c2ccc(Br)cc2)CC1. The smallest absolute Gasteiger partial charge is 0.243 e. The van der Waals surface area contributed by atoms with Gasteiger partial charge in [-0.25, -0.2) is 8.42 Å². The maximum absolute atomic E-state index is 13.4. The van der Waals surface area contributed by atoms with Gasteiger partial charge in [0.25, 0.3) is 0 Å². The first-order valence-corrected chi connectivity index (χ1v) is 12.4. The average molecular weight is 515 g/mol. The number of halogens is 2. The van der Waals surface area contributed by atoms with E-state index in [0.717, 1.165) is 24.1 Å². The van der Waals surface area contributed by atoms with Crippen LogP contribution in [0.2, 0.25) is 5.02 Å². The number of rotatable bonds is 7. The van der Waals surface area contributed by atoms with Gasteiger partial charge in [0.1, 0.15) is 0 Å². The molecule has 0 bridgehead atoms. The van der Waals surface area contributed by atoms with Crippen molar-refractivity contribution < 1.29 is 13.2 Å². The van der Waals surface area contributed by atoms with Crippen LogP contribution < -0.4 is 0 Å². The normalized spacial score (nSPS) is 15.5. The molecule has 30 heavy (non-hydrogen) atoms. The van der Waals surface area contributed by atoms with Gasteiger partial charge >= 0.3 is 0 Å². The minimum absolute atomic E-state index is 0.0265. The lowest BCUT2D eigenvalue weighted by Crippen LogP contribution is -2.51. The van der Waals surface area contributed by atoms with E-state index in [2.05, 4.69) is 27.8 Å². The van der Waals surface area contributed by atoms with Crippen LogP contribution in [0.4, 0.5) is 0 Å². The molecule has 1 amide bonds. The van der Waals surface area contributed by atoms with E-state index < -0.39 is 10.0 Å². The topological polar surface area (TPSA) is 60.9 Å². The Morgan fingerprint density at radius 2 is 1.70 bits per heavy atom. The number of benzene rings is 2. The van der Waals surface area contributed by atoms with Crippen molar-refractivity contribution in [2.75, 3.05) is 39.3 Å². The van der Waals surface area contributed by atoms with Crippen molar-refractivity contribution in [2.45, 2.75) is 18.4 Å². The van der Waals surface area contributed by atoms with Crippen LogP contribution in [0.3, 0.4) is 0 Å². The van der Waals surface area contributed by atoms with E-state index in [9.17, 15) is 13.2 Å². The molecule has 162 valence electrons. The molecule has 0 unspecified atom stereocenters. The minimum Gasteiger partial charge on any atom is -0.339 e. The Labute approximate surface area is 191 Å². The highest BCUT2D eigenvalue weighted by atomic mass is 79.9. The number of likely N-dealkylation sites (N-methyl/N-ethyl adjacent to an activating group) is 1. The first kappa shape index (κ1) is 23.2. The summed E-state index contributed by atoms with van der Waals surface area (Å²) in [7, 11) is -3.89. The van der Waals surface area contributed by atoms with E-state index in [-0.39, 0.29) is 23.9 Å². The quantitative estimate of drug-likeness (QED) is 0.568. The standard InChI is InChI=1S/C21H25BrClN3O3S/c1-2-24-11-13-25(14-12-24)21(27)16-26(15-17-5-3-4-6-20(17)23)30(28,29)19-9-7-18(22)8-10-19/h3-10H,2,11-16H2,1H3. The Morgan fingerprint density at radius 3 is 2.30 bits per heavy atom. The van der Waals surface area contributed by atoms with Crippen LogP contribution in [0, 0.1) is 0 Å². The lowest BCUT2D eigenvalue weighted by Gasteiger charge is -2.35. The fraction of sp³-hybridized carbons (Fsp3) is 0.381. The lowest BCUT2D eigenvalue weighted by atomic mass is 10.2. The summed E-state index contributed by atoms with van der Waals surface area (Å²) in [5, 5.41) is 0.470. The van der Waals surface area contributed by atoms with Crippen molar-refractivity contribution in [3.8, 4) is 0 Å². The molecule has 0 saturated carbocycles. The van der Waals surface area contributed by atoms with Gasteiger partial charge in [0.15, 0.2) is 0 Å². The zero-order valence-corrected chi connectivity index (χ0v) is 20.0. The van der Waals surface area contributed by atoms with Gasteiger partial charge in [0.05, 0.1) is 11.4 Å². The molecular formula is C21H25BrClN3O3S. The van der Waals surface area contributed by atoms with Crippen molar-refractivity contribution in [1.29, 1.82) is 0 Å². The first-order chi connectivity index (χ1) is 14.3. The second-order valence-electron chi connectivity index (χ2n) is 7.13. The largest absolute Gasteiger partial charge is 0.339 e. The van der Waals surface area contributed by atoms with Gasteiger partial charge in [-0.1, -0.05) is 52.7 Å². The van der Waals surface area contributed by atoms with Crippen LogP contribution in [0.5, 0.6) is 0 Å². The van der Waals surface area contributed by atoms with Gasteiger partial charge in [-0.05, 0) is 42.4 Å². The first-order valence-electron chi connectivity index (χ1n) is 9.80. The van der Waals surface area contributed by atoms with E-state index in [1.807, 2.05) is 0 Å². The number of nitrogens with zero attached hydrogens (tertiary/aromatic N) is 3. The third-order valence-electron chi connectivity index (χ3n) is 5.24. The lowest BCUT2D eigenvalue weighted by molar-refractivity contribution is -0.133. The molecule has 2 aromatic carbocycles. The molecule has 1 fully saturated rings. The number of carbonyl (C=O) groups excluding carboxylic acids is 1. The van der Waals surface area contributed by atoms with Crippen LogP contribution in [-0.2, 0) is 21.4 Å². The number of sulfonamides is 1. The Bertz CT molecular complexity index is 977. The van der Waals surface area contributed by atoms with Crippen molar-refractivity contribution in [2.24, 2.45) is 0 Å². The zero-order valence-electron chi connectivity index (χ0n) is 16.8. The third-order valence-corrected chi connectivity index (χ3v) is 7.94. The van der Waals surface area contributed by atoms with Gasteiger partial charge in [0.2, 0.25) is 15.9 Å². The van der Waals surface area contributed by atoms with Crippen molar-refractivity contribution in [1.82, 2.24) is 14.1 Å². The molecule has 0 aromatic heterocycles. The monoisotopic (exact) mass is 513 g/mol. The molecule has 6 nitrogen and oxygen atoms in total. The van der Waals surface area contributed by atoms with Crippen LogP contribution in [0.25, 0.3) is 0 Å². The number of carbonyl (C=O) groups is 1. The summed E-state index contributed by atoms with van der Waals surface area (Å²) in [5.74, 6) is -0.196. The molecule has 0 spiro atoms. The van der Waals surface area contributed by atoms with E-state index in [4.69, 9.17) is 11.6 Å². The molecule has 0 aliphatic carbocycles. The number of amides is 1. The molecule has 1 aliphatic rings. The molecule has 0 radical (unpaired) electrons. The van der Waals surface area contributed by atoms with E-state index in [1.165, 1.54) is 16.4 Å².